The van der Waals surface area contributed by atoms with Gasteiger partial charge in [0.15, 0.2) is 0 Å². The summed E-state index contributed by atoms with van der Waals surface area (Å²) in [6, 6.07) is 10.3. The molecule has 0 atom stereocenters. The van der Waals surface area contributed by atoms with Crippen LogP contribution in [-0.4, -0.2) is 14.2 Å². The lowest BCUT2D eigenvalue weighted by Gasteiger charge is -2.01. The van der Waals surface area contributed by atoms with Crippen LogP contribution in [0.1, 0.15) is 24.0 Å². The van der Waals surface area contributed by atoms with E-state index in [4.69, 9.17) is 12.2 Å². The van der Waals surface area contributed by atoms with Crippen LogP contribution in [0.2, 0.25) is 0 Å². The largest absolute Gasteiger partial charge is 0.341 e. The molecule has 0 aliphatic carbocycles. The number of rotatable bonds is 4. The van der Waals surface area contributed by atoms with Gasteiger partial charge < -0.3 is 4.98 Å². The third kappa shape index (κ3) is 3.41. The first-order valence-corrected chi connectivity index (χ1v) is 6.94. The Balaban J connectivity index is 1.93. The van der Waals surface area contributed by atoms with E-state index in [-0.39, 0.29) is 0 Å². The summed E-state index contributed by atoms with van der Waals surface area (Å²) in [4.78, 5) is 7.48. The van der Waals surface area contributed by atoms with Crippen molar-refractivity contribution < 1.29 is 0 Å². The molecule has 17 heavy (non-hydrogen) atoms. The molecule has 88 valence electrons. The van der Waals surface area contributed by atoms with E-state index in [0.29, 0.717) is 0 Å². The minimum absolute atomic E-state index is 0.876. The van der Waals surface area contributed by atoms with E-state index in [2.05, 4.69) is 29.0 Å². The van der Waals surface area contributed by atoms with Crippen molar-refractivity contribution in [1.29, 1.82) is 0 Å². The molecule has 1 aromatic heterocycles. The number of thioether (sulfide) groups is 1. The van der Waals surface area contributed by atoms with Crippen LogP contribution >= 0.6 is 24.0 Å². The molecular weight excluding hydrogens is 248 g/mol. The highest BCUT2D eigenvalue weighted by Crippen LogP contribution is 2.18. The summed E-state index contributed by atoms with van der Waals surface area (Å²) in [5, 5.41) is 0. The van der Waals surface area contributed by atoms with Gasteiger partial charge in [-0.05, 0) is 5.56 Å². The lowest BCUT2D eigenvalue weighted by molar-refractivity contribution is 0.988. The van der Waals surface area contributed by atoms with Crippen LogP contribution in [0.4, 0.5) is 0 Å². The van der Waals surface area contributed by atoms with Gasteiger partial charge in [-0.2, -0.15) is 0 Å². The number of aromatic nitrogens is 2. The first-order valence-electron chi connectivity index (χ1n) is 5.54. The molecule has 2 rings (SSSR count). The minimum Gasteiger partial charge on any atom is -0.341 e. The summed E-state index contributed by atoms with van der Waals surface area (Å²) >= 11 is 7.04. The van der Waals surface area contributed by atoms with E-state index in [1.165, 1.54) is 5.56 Å². The van der Waals surface area contributed by atoms with E-state index >= 15 is 0 Å². The van der Waals surface area contributed by atoms with Gasteiger partial charge in [0, 0.05) is 12.2 Å². The predicted octanol–water partition coefficient (Wildman–Crippen LogP) is 3.58. The van der Waals surface area contributed by atoms with Gasteiger partial charge in [-0.3, -0.25) is 0 Å². The van der Waals surface area contributed by atoms with Gasteiger partial charge >= 0.3 is 0 Å². The zero-order valence-corrected chi connectivity index (χ0v) is 11.3. The lowest BCUT2D eigenvalue weighted by atomic mass is 10.2. The van der Waals surface area contributed by atoms with Gasteiger partial charge in [-0.15, -0.1) is 11.8 Å². The number of nitrogens with one attached hydrogen (secondary N) is 1. The zero-order valence-electron chi connectivity index (χ0n) is 9.64. The quantitative estimate of drug-likeness (QED) is 0.854. The van der Waals surface area contributed by atoms with Crippen LogP contribution in [0.5, 0.6) is 0 Å². The predicted molar refractivity (Wildman–Crippen MR) is 77.4 cm³/mol. The average molecular weight is 262 g/mol. The number of aryl methyl sites for hydroxylation is 1. The zero-order chi connectivity index (χ0) is 12.1. The summed E-state index contributed by atoms with van der Waals surface area (Å²) < 4.78 is 0.876. The van der Waals surface area contributed by atoms with Crippen molar-refractivity contribution in [2.75, 3.05) is 0 Å². The molecule has 0 spiro atoms. The van der Waals surface area contributed by atoms with Crippen LogP contribution < -0.4 is 0 Å². The molecular formula is C13H14N2S2. The molecule has 4 heteroatoms. The second-order valence-corrected chi connectivity index (χ2v) is 5.31. The van der Waals surface area contributed by atoms with Gasteiger partial charge in [-0.1, -0.05) is 49.5 Å². The smallest absolute Gasteiger partial charge is 0.106 e. The average Bonchev–Trinajstić information content (AvgIpc) is 2.86. The van der Waals surface area contributed by atoms with Crippen molar-refractivity contribution in [2.45, 2.75) is 19.1 Å². The Labute approximate surface area is 111 Å². The number of nitrogens with zero attached hydrogens (tertiary/aromatic N) is 1. The maximum atomic E-state index is 5.37. The topological polar surface area (TPSA) is 28.7 Å². The van der Waals surface area contributed by atoms with Crippen LogP contribution in [-0.2, 0) is 12.2 Å². The molecule has 0 saturated heterocycles. The number of H-pyrrole nitrogens is 1. The summed E-state index contributed by atoms with van der Waals surface area (Å²) in [7, 11) is 0. The molecule has 0 unspecified atom stereocenters. The second-order valence-electron chi connectivity index (χ2n) is 3.66. The van der Waals surface area contributed by atoms with Gasteiger partial charge in [0.25, 0.3) is 0 Å². The Morgan fingerprint density at radius 2 is 2.12 bits per heavy atom. The fourth-order valence-corrected chi connectivity index (χ4v) is 2.48. The highest BCUT2D eigenvalue weighted by atomic mass is 32.2. The minimum atomic E-state index is 0.876. The van der Waals surface area contributed by atoms with Gasteiger partial charge in [0.05, 0.1) is 16.1 Å². The first-order chi connectivity index (χ1) is 8.29. The lowest BCUT2D eigenvalue weighted by Crippen LogP contribution is -1.93. The molecule has 0 bridgehead atoms. The normalized spacial score (nSPS) is 10.4. The number of benzene rings is 1. The Hall–Kier alpha value is -1.13. The van der Waals surface area contributed by atoms with Crippen molar-refractivity contribution in [2.24, 2.45) is 0 Å². The fraction of sp³-hybridized carbons (Fsp3) is 0.231. The second kappa shape index (κ2) is 5.98. The third-order valence-corrected chi connectivity index (χ3v) is 3.93. The molecule has 0 aliphatic heterocycles. The third-order valence-electron chi connectivity index (χ3n) is 2.40. The van der Waals surface area contributed by atoms with Crippen LogP contribution in [0, 0.1) is 0 Å². The summed E-state index contributed by atoms with van der Waals surface area (Å²) in [6.45, 7) is 2.07. The van der Waals surface area contributed by atoms with Crippen LogP contribution in [0.15, 0.2) is 36.5 Å². The highest BCUT2D eigenvalue weighted by molar-refractivity contribution is 8.23. The molecule has 2 nitrogen and oxygen atoms in total. The molecule has 0 amide bonds. The Morgan fingerprint density at radius 3 is 2.76 bits per heavy atom. The van der Waals surface area contributed by atoms with E-state index in [1.54, 1.807) is 11.8 Å². The number of hydrogen-bond donors (Lipinski definition) is 1. The standard InChI is InChI=1S/C13H14N2S2/c1-2-12-14-8-11(15-12)13(16)17-9-10-6-4-3-5-7-10/h3-8H,2,9H2,1H3,(H,14,15). The Bertz CT molecular complexity index is 491. The van der Waals surface area contributed by atoms with Crippen LogP contribution in [0.3, 0.4) is 0 Å². The van der Waals surface area contributed by atoms with Crippen molar-refractivity contribution >= 4 is 28.2 Å². The first kappa shape index (κ1) is 12.3. The molecule has 1 N–H and O–H groups in total. The van der Waals surface area contributed by atoms with E-state index in [9.17, 15) is 0 Å². The summed E-state index contributed by atoms with van der Waals surface area (Å²) in [5.41, 5.74) is 2.24. The van der Waals surface area contributed by atoms with Crippen LogP contribution in [0.25, 0.3) is 0 Å². The van der Waals surface area contributed by atoms with Gasteiger partial charge in [-0.25, -0.2) is 4.98 Å². The molecule has 1 aromatic carbocycles. The van der Waals surface area contributed by atoms with Gasteiger partial charge in [0.1, 0.15) is 5.82 Å². The summed E-state index contributed by atoms with van der Waals surface area (Å²) in [6.07, 6.45) is 2.73. The number of imidazole rings is 1. The molecule has 0 fully saturated rings. The van der Waals surface area contributed by atoms with Crippen molar-refractivity contribution in [3.8, 4) is 0 Å². The van der Waals surface area contributed by atoms with Gasteiger partial charge in [0.2, 0.25) is 0 Å². The number of hydrogen-bond acceptors (Lipinski definition) is 3. The summed E-state index contributed by atoms with van der Waals surface area (Å²) in [5.74, 6) is 1.89. The number of thiocarbonyl (C=S) groups is 1. The van der Waals surface area contributed by atoms with E-state index in [0.717, 1.165) is 27.9 Å². The Kier molecular flexibility index (Phi) is 4.34. The molecule has 1 heterocycles. The molecule has 2 aromatic rings. The van der Waals surface area contributed by atoms with Crippen molar-refractivity contribution in [1.82, 2.24) is 9.97 Å². The van der Waals surface area contributed by atoms with E-state index < -0.39 is 0 Å². The maximum Gasteiger partial charge on any atom is 0.106 e. The molecule has 0 aliphatic rings. The fourth-order valence-electron chi connectivity index (χ4n) is 1.45. The Morgan fingerprint density at radius 1 is 1.35 bits per heavy atom. The van der Waals surface area contributed by atoms with Crippen molar-refractivity contribution in [3.05, 3.63) is 53.6 Å². The van der Waals surface area contributed by atoms with Crippen molar-refractivity contribution in [3.63, 3.8) is 0 Å². The SMILES string of the molecule is CCc1ncc(C(=S)SCc2ccccc2)[nH]1. The molecule has 0 saturated carbocycles. The number of aromatic amines is 1. The monoisotopic (exact) mass is 262 g/mol. The van der Waals surface area contributed by atoms with E-state index in [1.807, 2.05) is 24.4 Å². The highest BCUT2D eigenvalue weighted by Gasteiger charge is 2.05. The maximum absolute atomic E-state index is 5.37. The molecule has 0 radical (unpaired) electrons.